The van der Waals surface area contributed by atoms with Gasteiger partial charge in [0.05, 0.1) is 5.70 Å². The van der Waals surface area contributed by atoms with Crippen molar-refractivity contribution in [1.82, 2.24) is 5.23 Å². The van der Waals surface area contributed by atoms with Crippen LogP contribution >= 0.6 is 0 Å². The summed E-state index contributed by atoms with van der Waals surface area (Å²) in [7, 11) is -1.79. The van der Waals surface area contributed by atoms with Crippen molar-refractivity contribution < 1.29 is 14.8 Å². The highest BCUT2D eigenvalue weighted by Gasteiger charge is 2.10. The number of carbonyl (C=O) groups is 1. The second kappa shape index (κ2) is 3.11. The fraction of sp³-hybridized carbons (Fsp3) is 0. The maximum Gasteiger partial charge on any atom is 0.585 e. The first-order valence-electron chi connectivity index (χ1n) is 2.15. The minimum atomic E-state index is -1.79. The Labute approximate surface area is 52.3 Å². The number of amides is 1. The highest BCUT2D eigenvalue weighted by atomic mass is 16.4. The molecule has 0 heterocycles. The van der Waals surface area contributed by atoms with E-state index in [4.69, 9.17) is 10.0 Å². The molecule has 5 N–H and O–H groups in total. The van der Waals surface area contributed by atoms with Crippen molar-refractivity contribution in [1.29, 1.82) is 0 Å². The van der Waals surface area contributed by atoms with Crippen LogP contribution in [-0.2, 0) is 4.79 Å². The standard InChI is InChI=1S/C3H7BN2O3/c1-2(3(5)7)6-4(8)9/h6,8-9H,1H2,(H2,5,7). The summed E-state index contributed by atoms with van der Waals surface area (Å²) in [5, 5.41) is 18.2. The van der Waals surface area contributed by atoms with E-state index in [9.17, 15) is 4.79 Å². The third-order valence-corrected chi connectivity index (χ3v) is 0.601. The molecular formula is C3H7BN2O3. The highest BCUT2D eigenvalue weighted by molar-refractivity contribution is 6.39. The van der Waals surface area contributed by atoms with Gasteiger partial charge in [-0.15, -0.1) is 0 Å². The van der Waals surface area contributed by atoms with E-state index in [1.54, 1.807) is 0 Å². The van der Waals surface area contributed by atoms with Gasteiger partial charge in [-0.1, -0.05) is 6.58 Å². The van der Waals surface area contributed by atoms with Gasteiger partial charge in [0.2, 0.25) is 0 Å². The monoisotopic (exact) mass is 130 g/mol. The molecule has 0 fully saturated rings. The van der Waals surface area contributed by atoms with Crippen LogP contribution in [-0.4, -0.2) is 23.2 Å². The average molecular weight is 130 g/mol. The molecule has 0 spiro atoms. The largest absolute Gasteiger partial charge is 0.585 e. The van der Waals surface area contributed by atoms with Gasteiger partial charge in [0.1, 0.15) is 0 Å². The summed E-state index contributed by atoms with van der Waals surface area (Å²) in [6.07, 6.45) is 0. The predicted octanol–water partition coefficient (Wildman–Crippen LogP) is -2.46. The third-order valence-electron chi connectivity index (χ3n) is 0.601. The van der Waals surface area contributed by atoms with Crippen LogP contribution in [0.3, 0.4) is 0 Å². The van der Waals surface area contributed by atoms with E-state index in [-0.39, 0.29) is 5.70 Å². The quantitative estimate of drug-likeness (QED) is 0.251. The molecule has 0 bridgehead atoms. The first-order valence-corrected chi connectivity index (χ1v) is 2.15. The SMILES string of the molecule is C=C(NB(O)O)C(N)=O. The van der Waals surface area contributed by atoms with Crippen LogP contribution in [0.15, 0.2) is 12.3 Å². The van der Waals surface area contributed by atoms with Gasteiger partial charge < -0.3 is 21.0 Å². The van der Waals surface area contributed by atoms with Gasteiger partial charge in [-0.2, -0.15) is 0 Å². The Kier molecular flexibility index (Phi) is 2.76. The lowest BCUT2D eigenvalue weighted by Crippen LogP contribution is -2.37. The molecule has 0 aliphatic carbocycles. The Bertz CT molecular complexity index is 135. The van der Waals surface area contributed by atoms with Gasteiger partial charge in [0.25, 0.3) is 5.91 Å². The molecule has 0 unspecified atom stereocenters. The lowest BCUT2D eigenvalue weighted by Gasteiger charge is -2.01. The van der Waals surface area contributed by atoms with Crippen molar-refractivity contribution in [3.8, 4) is 0 Å². The van der Waals surface area contributed by atoms with E-state index in [1.807, 2.05) is 5.23 Å². The maximum atomic E-state index is 10.1. The van der Waals surface area contributed by atoms with Crippen molar-refractivity contribution in [2.45, 2.75) is 0 Å². The highest BCUT2D eigenvalue weighted by Crippen LogP contribution is 1.78. The molecule has 6 heteroatoms. The van der Waals surface area contributed by atoms with Crippen molar-refractivity contribution in [2.75, 3.05) is 0 Å². The van der Waals surface area contributed by atoms with Crippen LogP contribution in [0, 0.1) is 0 Å². The molecule has 0 aromatic carbocycles. The van der Waals surface area contributed by atoms with Crippen molar-refractivity contribution in [2.24, 2.45) is 5.73 Å². The molecule has 0 rings (SSSR count). The molecule has 0 atom stereocenters. The summed E-state index contributed by atoms with van der Waals surface area (Å²) < 4.78 is 0. The van der Waals surface area contributed by atoms with Gasteiger partial charge >= 0.3 is 7.25 Å². The summed E-state index contributed by atoms with van der Waals surface area (Å²) in [5.74, 6) is -0.817. The number of nitrogens with two attached hydrogens (primary N) is 1. The van der Waals surface area contributed by atoms with Crippen molar-refractivity contribution >= 4 is 13.2 Å². The molecule has 1 amide bonds. The van der Waals surface area contributed by atoms with Crippen LogP contribution in [0.5, 0.6) is 0 Å². The van der Waals surface area contributed by atoms with Crippen LogP contribution in [0.1, 0.15) is 0 Å². The minimum absolute atomic E-state index is 0.231. The van der Waals surface area contributed by atoms with Gasteiger partial charge in [0.15, 0.2) is 0 Å². The first kappa shape index (κ1) is 7.99. The lowest BCUT2D eigenvalue weighted by molar-refractivity contribution is -0.114. The molecule has 0 aliphatic heterocycles. The fourth-order valence-corrected chi connectivity index (χ4v) is 0.227. The minimum Gasteiger partial charge on any atom is -0.408 e. The van der Waals surface area contributed by atoms with E-state index in [0.29, 0.717) is 0 Å². The topological polar surface area (TPSA) is 95.6 Å². The fourth-order valence-electron chi connectivity index (χ4n) is 0.227. The van der Waals surface area contributed by atoms with Gasteiger partial charge in [0, 0.05) is 0 Å². The molecule has 0 saturated carbocycles. The summed E-state index contributed by atoms with van der Waals surface area (Å²) >= 11 is 0. The molecule has 0 aliphatic rings. The number of primary amides is 1. The molecular weight excluding hydrogens is 123 g/mol. The Morgan fingerprint density at radius 2 is 2.11 bits per heavy atom. The van der Waals surface area contributed by atoms with Gasteiger partial charge in [-0.3, -0.25) is 4.79 Å². The van der Waals surface area contributed by atoms with E-state index >= 15 is 0 Å². The molecule has 0 radical (unpaired) electrons. The maximum absolute atomic E-state index is 10.1. The summed E-state index contributed by atoms with van der Waals surface area (Å²) in [6.45, 7) is 3.09. The van der Waals surface area contributed by atoms with E-state index in [2.05, 4.69) is 12.3 Å². The zero-order valence-electron chi connectivity index (χ0n) is 4.66. The third kappa shape index (κ3) is 3.57. The Morgan fingerprint density at radius 1 is 1.67 bits per heavy atom. The lowest BCUT2D eigenvalue weighted by atomic mass is 10.1. The van der Waals surface area contributed by atoms with Crippen molar-refractivity contribution in [3.05, 3.63) is 12.3 Å². The Hall–Kier alpha value is -1.01. The number of hydrogen-bond acceptors (Lipinski definition) is 4. The number of rotatable bonds is 3. The molecule has 5 nitrogen and oxygen atoms in total. The summed E-state index contributed by atoms with van der Waals surface area (Å²) in [5.41, 5.74) is 4.43. The Morgan fingerprint density at radius 3 is 2.22 bits per heavy atom. The van der Waals surface area contributed by atoms with Crippen LogP contribution in [0.25, 0.3) is 0 Å². The second-order valence-electron chi connectivity index (χ2n) is 1.36. The molecule has 0 aromatic rings. The zero-order chi connectivity index (χ0) is 7.44. The second-order valence-corrected chi connectivity index (χ2v) is 1.36. The molecule has 50 valence electrons. The van der Waals surface area contributed by atoms with E-state index in [1.165, 1.54) is 0 Å². The number of carbonyl (C=O) groups excluding carboxylic acids is 1. The van der Waals surface area contributed by atoms with Crippen LogP contribution in [0.4, 0.5) is 0 Å². The van der Waals surface area contributed by atoms with Gasteiger partial charge in [-0.25, -0.2) is 0 Å². The van der Waals surface area contributed by atoms with E-state index < -0.39 is 13.2 Å². The zero-order valence-corrected chi connectivity index (χ0v) is 4.66. The average Bonchev–Trinajstić information content (AvgIpc) is 1.63. The van der Waals surface area contributed by atoms with Crippen LogP contribution in [0.2, 0.25) is 0 Å². The summed E-state index contributed by atoms with van der Waals surface area (Å²) in [6, 6.07) is 0. The molecule has 9 heavy (non-hydrogen) atoms. The Balaban J connectivity index is 3.65. The van der Waals surface area contributed by atoms with Gasteiger partial charge in [-0.05, 0) is 0 Å². The number of nitrogens with one attached hydrogen (secondary N) is 1. The summed E-state index contributed by atoms with van der Waals surface area (Å²) in [4.78, 5) is 10.1. The molecule has 0 saturated heterocycles. The van der Waals surface area contributed by atoms with Crippen molar-refractivity contribution in [3.63, 3.8) is 0 Å². The normalized spacial score (nSPS) is 8.22. The first-order chi connectivity index (χ1) is 4.04. The molecule has 0 aromatic heterocycles. The number of hydrogen-bond donors (Lipinski definition) is 4. The smallest absolute Gasteiger partial charge is 0.408 e. The predicted molar refractivity (Wildman–Crippen MR) is 31.7 cm³/mol. The van der Waals surface area contributed by atoms with E-state index in [0.717, 1.165) is 0 Å². The van der Waals surface area contributed by atoms with Crippen LogP contribution < -0.4 is 11.0 Å².